The minimum atomic E-state index is 0.373. The Kier molecular flexibility index (Phi) is 4.67. The van der Waals surface area contributed by atoms with Gasteiger partial charge in [0, 0.05) is 11.1 Å². The molecule has 98 valence electrons. The Morgan fingerprint density at radius 3 is 3.11 bits per heavy atom. The molecule has 0 spiro atoms. The molecule has 1 aromatic rings. The largest absolute Gasteiger partial charge is 0.488 e. The Labute approximate surface area is 114 Å². The van der Waals surface area contributed by atoms with Crippen molar-refractivity contribution in [2.45, 2.75) is 32.2 Å². The van der Waals surface area contributed by atoms with Gasteiger partial charge in [0.25, 0.3) is 0 Å². The molecule has 3 heteroatoms. The summed E-state index contributed by atoms with van der Waals surface area (Å²) >= 11 is 5.70. The van der Waals surface area contributed by atoms with E-state index in [1.54, 1.807) is 0 Å². The molecule has 1 unspecified atom stereocenters. The van der Waals surface area contributed by atoms with Gasteiger partial charge in [-0.25, -0.2) is 0 Å². The number of benzene rings is 1. The summed E-state index contributed by atoms with van der Waals surface area (Å²) in [5, 5.41) is 4.11. The quantitative estimate of drug-likeness (QED) is 0.845. The number of hydrogen-bond donors (Lipinski definition) is 1. The molecule has 1 aliphatic rings. The van der Waals surface area contributed by atoms with Crippen LogP contribution in [0, 0.1) is 0 Å². The molecule has 1 atom stereocenters. The van der Waals surface area contributed by atoms with E-state index in [0.29, 0.717) is 17.7 Å². The summed E-state index contributed by atoms with van der Waals surface area (Å²) < 4.78 is 5.56. The minimum Gasteiger partial charge on any atom is -0.488 e. The maximum Gasteiger partial charge on any atom is 0.123 e. The first-order valence-electron chi connectivity index (χ1n) is 6.53. The van der Waals surface area contributed by atoms with E-state index in [1.165, 1.54) is 24.0 Å². The number of hydrogen-bond acceptors (Lipinski definition) is 2. The Bertz CT molecular complexity index is 431. The second-order valence-electron chi connectivity index (χ2n) is 4.71. The first-order valence-corrected chi connectivity index (χ1v) is 6.90. The summed E-state index contributed by atoms with van der Waals surface area (Å²) in [6.45, 7) is 7.26. The fraction of sp³-hybridized carbons (Fsp3) is 0.467. The van der Waals surface area contributed by atoms with Gasteiger partial charge in [0.05, 0.1) is 0 Å². The van der Waals surface area contributed by atoms with Gasteiger partial charge in [0.15, 0.2) is 0 Å². The van der Waals surface area contributed by atoms with Crippen LogP contribution in [0.4, 0.5) is 0 Å². The van der Waals surface area contributed by atoms with Crippen molar-refractivity contribution in [3.63, 3.8) is 0 Å². The van der Waals surface area contributed by atoms with Crippen LogP contribution >= 0.6 is 11.6 Å². The summed E-state index contributed by atoms with van der Waals surface area (Å²) in [6.07, 6.45) is 3.47. The second kappa shape index (κ2) is 6.26. The molecule has 0 bridgehead atoms. The molecule has 0 amide bonds. The average Bonchev–Trinajstić information content (AvgIpc) is 2.76. The van der Waals surface area contributed by atoms with E-state index in [4.69, 9.17) is 16.3 Å². The SMILES string of the molecule is C=C(Cl)COc1ccc2c(c1)CCC2NCCC. The molecular formula is C15H20ClNO. The zero-order valence-electron chi connectivity index (χ0n) is 10.8. The standard InChI is InChI=1S/C15H20ClNO/c1-3-8-17-15-7-4-12-9-13(5-6-14(12)15)18-10-11(2)16/h5-6,9,15,17H,2-4,7-8,10H2,1H3. The number of halogens is 1. The van der Waals surface area contributed by atoms with Crippen molar-refractivity contribution < 1.29 is 4.74 Å². The molecule has 1 N–H and O–H groups in total. The fourth-order valence-corrected chi connectivity index (χ4v) is 2.43. The number of ether oxygens (including phenoxy) is 1. The van der Waals surface area contributed by atoms with E-state index < -0.39 is 0 Å². The molecule has 1 aliphatic carbocycles. The van der Waals surface area contributed by atoms with E-state index in [-0.39, 0.29) is 0 Å². The van der Waals surface area contributed by atoms with Gasteiger partial charge >= 0.3 is 0 Å². The van der Waals surface area contributed by atoms with Crippen molar-refractivity contribution in [3.05, 3.63) is 40.9 Å². The third kappa shape index (κ3) is 3.27. The molecule has 1 aromatic carbocycles. The van der Waals surface area contributed by atoms with Crippen molar-refractivity contribution in [2.75, 3.05) is 13.2 Å². The molecule has 0 heterocycles. The highest BCUT2D eigenvalue weighted by atomic mass is 35.5. The Hall–Kier alpha value is -0.990. The van der Waals surface area contributed by atoms with Crippen LogP contribution in [0.5, 0.6) is 5.75 Å². The van der Waals surface area contributed by atoms with Crippen molar-refractivity contribution in [2.24, 2.45) is 0 Å². The van der Waals surface area contributed by atoms with Gasteiger partial charge < -0.3 is 10.1 Å². The molecular weight excluding hydrogens is 246 g/mol. The molecule has 0 aliphatic heterocycles. The van der Waals surface area contributed by atoms with E-state index in [0.717, 1.165) is 18.7 Å². The van der Waals surface area contributed by atoms with Gasteiger partial charge in [-0.2, -0.15) is 0 Å². The minimum absolute atomic E-state index is 0.373. The van der Waals surface area contributed by atoms with Crippen LogP contribution in [0.2, 0.25) is 0 Å². The first-order chi connectivity index (χ1) is 8.70. The molecule has 18 heavy (non-hydrogen) atoms. The molecule has 0 aromatic heterocycles. The van der Waals surface area contributed by atoms with E-state index in [1.807, 2.05) is 6.07 Å². The lowest BCUT2D eigenvalue weighted by Crippen LogP contribution is -2.19. The summed E-state index contributed by atoms with van der Waals surface area (Å²) in [7, 11) is 0. The van der Waals surface area contributed by atoms with Crippen molar-refractivity contribution in [1.82, 2.24) is 5.32 Å². The monoisotopic (exact) mass is 265 g/mol. The normalized spacial score (nSPS) is 17.6. The zero-order valence-corrected chi connectivity index (χ0v) is 11.6. The Balaban J connectivity index is 2.03. The van der Waals surface area contributed by atoms with Crippen LogP contribution in [-0.4, -0.2) is 13.2 Å². The maximum atomic E-state index is 5.70. The fourth-order valence-electron chi connectivity index (χ4n) is 2.38. The predicted molar refractivity (Wildman–Crippen MR) is 76.3 cm³/mol. The van der Waals surface area contributed by atoms with E-state index >= 15 is 0 Å². The lowest BCUT2D eigenvalue weighted by atomic mass is 10.1. The van der Waals surface area contributed by atoms with Crippen LogP contribution in [0.15, 0.2) is 29.8 Å². The number of rotatable bonds is 6. The highest BCUT2D eigenvalue weighted by Gasteiger charge is 2.21. The molecule has 0 fully saturated rings. The maximum absolute atomic E-state index is 5.70. The summed E-state index contributed by atoms with van der Waals surface area (Å²) in [4.78, 5) is 0. The van der Waals surface area contributed by atoms with Gasteiger partial charge in [-0.1, -0.05) is 31.2 Å². The summed E-state index contributed by atoms with van der Waals surface area (Å²) in [5.41, 5.74) is 2.81. The molecule has 0 saturated carbocycles. The van der Waals surface area contributed by atoms with Gasteiger partial charge in [-0.3, -0.25) is 0 Å². The highest BCUT2D eigenvalue weighted by molar-refractivity contribution is 6.29. The van der Waals surface area contributed by atoms with Crippen LogP contribution in [0.25, 0.3) is 0 Å². The molecule has 2 nitrogen and oxygen atoms in total. The lowest BCUT2D eigenvalue weighted by Gasteiger charge is -2.13. The third-order valence-corrected chi connectivity index (χ3v) is 3.34. The molecule has 2 rings (SSSR count). The first kappa shape index (κ1) is 13.4. The third-order valence-electron chi connectivity index (χ3n) is 3.23. The van der Waals surface area contributed by atoms with Gasteiger partial charge in [0.2, 0.25) is 0 Å². The van der Waals surface area contributed by atoms with Crippen molar-refractivity contribution >= 4 is 11.6 Å². The van der Waals surface area contributed by atoms with Crippen LogP contribution < -0.4 is 10.1 Å². The predicted octanol–water partition coefficient (Wildman–Crippen LogP) is 3.80. The zero-order chi connectivity index (χ0) is 13.0. The topological polar surface area (TPSA) is 21.3 Å². The van der Waals surface area contributed by atoms with Gasteiger partial charge in [-0.05, 0) is 49.1 Å². The van der Waals surface area contributed by atoms with Gasteiger partial charge in [0.1, 0.15) is 12.4 Å². The number of aryl methyl sites for hydroxylation is 1. The lowest BCUT2D eigenvalue weighted by molar-refractivity contribution is 0.359. The van der Waals surface area contributed by atoms with E-state index in [9.17, 15) is 0 Å². The summed E-state index contributed by atoms with van der Waals surface area (Å²) in [6, 6.07) is 6.83. The van der Waals surface area contributed by atoms with Crippen LogP contribution in [-0.2, 0) is 6.42 Å². The van der Waals surface area contributed by atoms with Crippen molar-refractivity contribution in [1.29, 1.82) is 0 Å². The number of nitrogens with one attached hydrogen (secondary N) is 1. The second-order valence-corrected chi connectivity index (χ2v) is 5.25. The summed E-state index contributed by atoms with van der Waals surface area (Å²) in [5.74, 6) is 0.881. The molecule has 0 saturated heterocycles. The van der Waals surface area contributed by atoms with Gasteiger partial charge in [-0.15, -0.1) is 0 Å². The van der Waals surface area contributed by atoms with Crippen LogP contribution in [0.1, 0.15) is 36.9 Å². The highest BCUT2D eigenvalue weighted by Crippen LogP contribution is 2.33. The Morgan fingerprint density at radius 2 is 2.39 bits per heavy atom. The van der Waals surface area contributed by atoms with Crippen molar-refractivity contribution in [3.8, 4) is 5.75 Å². The van der Waals surface area contributed by atoms with Crippen LogP contribution in [0.3, 0.4) is 0 Å². The molecule has 0 radical (unpaired) electrons. The Morgan fingerprint density at radius 1 is 1.56 bits per heavy atom. The van der Waals surface area contributed by atoms with E-state index in [2.05, 4.69) is 31.0 Å². The number of fused-ring (bicyclic) bond motifs is 1. The smallest absolute Gasteiger partial charge is 0.123 e. The average molecular weight is 266 g/mol.